The Labute approximate surface area is 450 Å². The van der Waals surface area contributed by atoms with Crippen LogP contribution in [0.3, 0.4) is 0 Å². The molecular formula is C55H54ClF2N5O15. The third-order valence-corrected chi connectivity index (χ3v) is 13.8. The number of nitrogens with zero attached hydrogens (tertiary/aromatic N) is 4. The van der Waals surface area contributed by atoms with E-state index in [-0.39, 0.29) is 81.4 Å². The normalized spacial score (nSPS) is 16.6. The van der Waals surface area contributed by atoms with E-state index in [1.54, 1.807) is 30.2 Å². The van der Waals surface area contributed by atoms with Gasteiger partial charge in [-0.15, -0.1) is 20.2 Å². The Morgan fingerprint density at radius 2 is 1.45 bits per heavy atom. The average molecular weight is 1100 g/mol. The Balaban J connectivity index is 1.07. The maximum atomic E-state index is 15.7. The van der Waals surface area contributed by atoms with E-state index >= 15 is 4.79 Å². The predicted octanol–water partition coefficient (Wildman–Crippen LogP) is 9.69. The van der Waals surface area contributed by atoms with Gasteiger partial charge in [-0.2, -0.15) is 0 Å². The SMILES string of the molecule is COc1ccc(CN(C(=O)C2=C(c3ccc(CCCOc4c(F)ccc(F)c4Cl)cc3)CC3CC(C(=O)NCCOC(=O)Oc4cccc(CO[N+](=O)[O-])c4)CC2N3C(=O)Oc2cccc(CO[N+](=O)[O-])c2)C2CC2)cc1C. The molecule has 1 aliphatic carbocycles. The Hall–Kier alpha value is -8.53. The summed E-state index contributed by atoms with van der Waals surface area (Å²) in [6, 6.07) is 25.2. The molecule has 1 N–H and O–H groups in total. The lowest BCUT2D eigenvalue weighted by atomic mass is 9.73. The summed E-state index contributed by atoms with van der Waals surface area (Å²) in [4.78, 5) is 91.0. The topological polar surface area (TPSA) is 238 Å². The second-order valence-electron chi connectivity index (χ2n) is 18.8. The van der Waals surface area contributed by atoms with Crippen LogP contribution in [-0.2, 0) is 50.2 Å². The van der Waals surface area contributed by atoms with E-state index in [4.69, 9.17) is 35.3 Å². The van der Waals surface area contributed by atoms with Gasteiger partial charge in [-0.25, -0.2) is 18.4 Å². The number of piperidine rings is 1. The van der Waals surface area contributed by atoms with Crippen molar-refractivity contribution in [3.8, 4) is 23.0 Å². The van der Waals surface area contributed by atoms with E-state index in [0.717, 1.165) is 41.7 Å². The van der Waals surface area contributed by atoms with Gasteiger partial charge in [0.05, 0.1) is 26.3 Å². The molecule has 2 bridgehead atoms. The van der Waals surface area contributed by atoms with Crippen molar-refractivity contribution in [2.75, 3.05) is 26.9 Å². The summed E-state index contributed by atoms with van der Waals surface area (Å²) in [6.45, 7) is 0.981. The molecule has 3 aliphatic rings. The highest BCUT2D eigenvalue weighted by Gasteiger charge is 2.50. The number of amides is 3. The lowest BCUT2D eigenvalue weighted by molar-refractivity contribution is -0.763. The molecule has 2 aliphatic heterocycles. The quantitative estimate of drug-likeness (QED) is 0.0160. The molecule has 0 spiro atoms. The van der Waals surface area contributed by atoms with Gasteiger partial charge < -0.3 is 43.6 Å². The zero-order valence-electron chi connectivity index (χ0n) is 42.4. The van der Waals surface area contributed by atoms with Crippen LogP contribution in [0.4, 0.5) is 18.4 Å². The van der Waals surface area contributed by atoms with Crippen LogP contribution in [-0.4, -0.2) is 89.0 Å². The number of hydrogen-bond acceptors (Lipinski definition) is 15. The Morgan fingerprint density at radius 1 is 0.795 bits per heavy atom. The molecule has 0 radical (unpaired) electrons. The van der Waals surface area contributed by atoms with Crippen LogP contribution in [0.5, 0.6) is 23.0 Å². The number of carbonyl (C=O) groups excluding carboxylic acids is 4. The van der Waals surface area contributed by atoms with Gasteiger partial charge in [0, 0.05) is 30.1 Å². The first-order chi connectivity index (χ1) is 37.5. The number of carbonyl (C=O) groups is 4. The fraction of sp³-hybridized carbons (Fsp3) is 0.345. The summed E-state index contributed by atoms with van der Waals surface area (Å²) in [7, 11) is 1.58. The van der Waals surface area contributed by atoms with Crippen molar-refractivity contribution in [3.63, 3.8) is 0 Å². The third kappa shape index (κ3) is 14.3. The largest absolute Gasteiger partial charge is 0.513 e. The van der Waals surface area contributed by atoms with Gasteiger partial charge in [-0.1, -0.05) is 72.3 Å². The number of nitrogens with one attached hydrogen (secondary N) is 1. The first kappa shape index (κ1) is 55.7. The molecule has 20 nitrogen and oxygen atoms in total. The Bertz CT molecular complexity index is 3090. The van der Waals surface area contributed by atoms with Crippen LogP contribution in [0.15, 0.2) is 109 Å². The van der Waals surface area contributed by atoms with Gasteiger partial charge in [0.1, 0.15) is 47.9 Å². The van der Waals surface area contributed by atoms with Gasteiger partial charge in [0.15, 0.2) is 11.6 Å². The third-order valence-electron chi connectivity index (χ3n) is 13.4. The molecule has 1 saturated carbocycles. The Kier molecular flexibility index (Phi) is 18.2. The minimum atomic E-state index is -1.09. The maximum absolute atomic E-state index is 15.7. The second-order valence-corrected chi connectivity index (χ2v) is 19.2. The summed E-state index contributed by atoms with van der Waals surface area (Å²) < 4.78 is 55.8. The highest BCUT2D eigenvalue weighted by Crippen LogP contribution is 2.46. The molecular weight excluding hydrogens is 1040 g/mol. The highest BCUT2D eigenvalue weighted by molar-refractivity contribution is 6.32. The molecule has 5 aromatic rings. The molecule has 3 amide bonds. The second kappa shape index (κ2) is 25.5. The number of benzene rings is 5. The predicted molar refractivity (Wildman–Crippen MR) is 274 cm³/mol. The van der Waals surface area contributed by atoms with Crippen molar-refractivity contribution in [2.45, 2.75) is 89.8 Å². The summed E-state index contributed by atoms with van der Waals surface area (Å²) in [5, 5.41) is 22.1. The first-order valence-electron chi connectivity index (χ1n) is 24.9. The van der Waals surface area contributed by atoms with Crippen molar-refractivity contribution in [1.29, 1.82) is 0 Å². The van der Waals surface area contributed by atoms with Crippen molar-refractivity contribution in [1.82, 2.24) is 15.1 Å². The summed E-state index contributed by atoms with van der Waals surface area (Å²) in [6.07, 6.45) is 0.703. The Morgan fingerprint density at radius 3 is 2.09 bits per heavy atom. The monoisotopic (exact) mass is 1100 g/mol. The molecule has 3 atom stereocenters. The van der Waals surface area contributed by atoms with E-state index in [9.17, 15) is 43.4 Å². The minimum Gasteiger partial charge on any atom is -0.496 e. The molecule has 2 fully saturated rings. The van der Waals surface area contributed by atoms with Crippen LogP contribution in [0.1, 0.15) is 71.9 Å². The summed E-state index contributed by atoms with van der Waals surface area (Å²) >= 11 is 5.95. The molecule has 78 heavy (non-hydrogen) atoms. The number of aryl methyl sites for hydroxylation is 2. The first-order valence-corrected chi connectivity index (χ1v) is 25.3. The summed E-state index contributed by atoms with van der Waals surface area (Å²) in [5.74, 6) is -2.69. The zero-order chi connectivity index (χ0) is 55.5. The molecule has 3 unspecified atom stereocenters. The highest BCUT2D eigenvalue weighted by atomic mass is 35.5. The van der Waals surface area contributed by atoms with E-state index in [1.807, 2.05) is 49.4 Å². The fourth-order valence-corrected chi connectivity index (χ4v) is 9.90. The average Bonchev–Trinajstić information content (AvgIpc) is 4.28. The van der Waals surface area contributed by atoms with E-state index in [1.165, 1.54) is 35.2 Å². The maximum Gasteiger partial charge on any atom is 0.513 e. The number of methoxy groups -OCH3 is 1. The fourth-order valence-electron chi connectivity index (χ4n) is 9.69. The van der Waals surface area contributed by atoms with Crippen molar-refractivity contribution in [2.24, 2.45) is 5.92 Å². The van der Waals surface area contributed by atoms with Crippen LogP contribution < -0.4 is 24.3 Å². The number of rotatable bonds is 23. The molecule has 8 rings (SSSR count). The van der Waals surface area contributed by atoms with Crippen LogP contribution >= 0.6 is 11.6 Å². The molecule has 1 saturated heterocycles. The van der Waals surface area contributed by atoms with E-state index < -0.39 is 69.6 Å². The number of halogens is 3. The van der Waals surface area contributed by atoms with Crippen molar-refractivity contribution < 1.29 is 71.5 Å². The molecule has 0 aromatic heterocycles. The lowest BCUT2D eigenvalue weighted by Crippen LogP contribution is -2.59. The van der Waals surface area contributed by atoms with E-state index in [0.29, 0.717) is 46.4 Å². The molecule has 5 aromatic carbocycles. The van der Waals surface area contributed by atoms with Crippen LogP contribution in [0, 0.1) is 44.7 Å². The van der Waals surface area contributed by atoms with Gasteiger partial charge in [-0.3, -0.25) is 14.5 Å². The van der Waals surface area contributed by atoms with Gasteiger partial charge in [0.25, 0.3) is 16.1 Å². The minimum absolute atomic E-state index is 0.0215. The van der Waals surface area contributed by atoms with Gasteiger partial charge >= 0.3 is 12.2 Å². The van der Waals surface area contributed by atoms with Crippen LogP contribution in [0.25, 0.3) is 5.57 Å². The van der Waals surface area contributed by atoms with E-state index in [2.05, 4.69) is 15.0 Å². The molecule has 410 valence electrons. The number of hydrogen-bond donors (Lipinski definition) is 1. The zero-order valence-corrected chi connectivity index (χ0v) is 43.1. The van der Waals surface area contributed by atoms with Gasteiger partial charge in [0.2, 0.25) is 5.91 Å². The van der Waals surface area contributed by atoms with Crippen LogP contribution in [0.2, 0.25) is 5.02 Å². The molecule has 2 heterocycles. The van der Waals surface area contributed by atoms with Gasteiger partial charge in [-0.05, 0) is 133 Å². The van der Waals surface area contributed by atoms with Crippen molar-refractivity contribution in [3.05, 3.63) is 179 Å². The standard InChI is InChI=1S/C55H54ClF2N5O15/c1-33-24-35(13-20-48(33)72-2)30-60(40-16-17-40)53(65)49-44(38-14-11-34(12-15-38)8-5-22-73-51-46(58)19-18-45(57)50(51)56)29-41-27-39(28-47(49)61(41)54(66)77-42-9-3-6-36(25-42)31-75-62(68)69)52(64)59-21-23-74-55(67)78-43-10-4-7-37(26-43)32-76-63(70)71/h3-4,6-7,9-15,18-20,24-26,39-41,47H,5,8,16-17,21-23,27-32H2,1-2H3,(H,59,64). The number of fused-ring (bicyclic) bond motifs is 2. The smallest absolute Gasteiger partial charge is 0.496 e. The summed E-state index contributed by atoms with van der Waals surface area (Å²) in [5.41, 5.74) is 4.98. The van der Waals surface area contributed by atoms with Crippen molar-refractivity contribution >= 4 is 41.2 Å². The lowest BCUT2D eigenvalue weighted by Gasteiger charge is -2.49. The number of ether oxygens (including phenoxy) is 5. The molecule has 23 heteroatoms.